The predicted molar refractivity (Wildman–Crippen MR) is 167 cm³/mol. The number of carboxylic acid groups (broad SMARTS) is 1. The van der Waals surface area contributed by atoms with E-state index in [1.807, 2.05) is 0 Å². The Hall–Kier alpha value is -5.24. The molecule has 5 atom stereocenters. The normalized spacial score (nSPS) is 20.7. The number of nitrogens with one attached hydrogen (secondary N) is 1. The maximum absolute atomic E-state index is 12.9. The number of nitrogens with two attached hydrogens (primary N) is 3. The summed E-state index contributed by atoms with van der Waals surface area (Å²) in [5, 5.41) is 54.7. The molecule has 0 unspecified atom stereocenters. The summed E-state index contributed by atoms with van der Waals surface area (Å²) in [6, 6.07) is 4.89. The molecule has 0 aromatic heterocycles. The fraction of sp³-hybridized carbons (Fsp3) is 0.448. The van der Waals surface area contributed by atoms with Gasteiger partial charge in [-0.15, -0.1) is 0 Å². The first kappa shape index (κ1) is 37.2. The van der Waals surface area contributed by atoms with Crippen LogP contribution < -0.4 is 41.5 Å². The number of esters is 1. The second-order valence-corrected chi connectivity index (χ2v) is 10.2. The molecular weight excluding hydrogens is 640 g/mol. The zero-order valence-electron chi connectivity index (χ0n) is 26.4. The number of carbonyl (C=O) groups excluding carboxylic acids is 1. The van der Waals surface area contributed by atoms with Gasteiger partial charge in [0.05, 0.1) is 25.3 Å². The molecule has 19 heteroatoms. The highest BCUT2D eigenvalue weighted by molar-refractivity contribution is 5.91. The van der Waals surface area contributed by atoms with E-state index in [9.17, 15) is 35.1 Å². The second-order valence-electron chi connectivity index (χ2n) is 10.2. The molecule has 0 bridgehead atoms. The molecule has 0 saturated carbocycles. The summed E-state index contributed by atoms with van der Waals surface area (Å²) in [6.07, 6.45) is -8.04. The summed E-state index contributed by atoms with van der Waals surface area (Å²) in [5.74, 6) is -2.99. The van der Waals surface area contributed by atoms with Crippen LogP contribution in [0.15, 0.2) is 34.3 Å². The molecular formula is C29H40N6O13. The molecule has 1 fully saturated rings. The van der Waals surface area contributed by atoms with Gasteiger partial charge in [0.15, 0.2) is 41.6 Å². The van der Waals surface area contributed by atoms with E-state index in [4.69, 9.17) is 45.6 Å². The molecule has 1 aliphatic heterocycles. The van der Waals surface area contributed by atoms with Gasteiger partial charge in [-0.05, 0) is 42.7 Å². The molecule has 0 amide bonds. The van der Waals surface area contributed by atoms with Crippen LogP contribution in [0.4, 0.5) is 0 Å². The first-order valence-electron chi connectivity index (χ1n) is 14.3. The van der Waals surface area contributed by atoms with Crippen LogP contribution in [0, 0.1) is 0 Å². The number of aromatic carboxylic acids is 1. The molecule has 12 N–H and O–H groups in total. The van der Waals surface area contributed by atoms with E-state index >= 15 is 0 Å². The molecule has 1 aliphatic rings. The number of aryl methyl sites for hydroxylation is 1. The van der Waals surface area contributed by atoms with Crippen LogP contribution in [0.2, 0.25) is 0 Å². The van der Waals surface area contributed by atoms with Crippen molar-refractivity contribution in [1.82, 2.24) is 5.32 Å². The standard InChI is InChI=1S/C29H40N6O13/c1-33-29(32)35-12-46-18-8-14(25(40)41)7-13(5-4-6-34-28(30)31)24(18)48-27-23(39)22(38)21(37)19(47-27)11-45-26(42)15-9-16(43-2)20(36)17(10-15)44-3/h7-10,19,21-23,27,36-39H,4-6,11-12H2,1-3H3,(H,40,41)(H4,30,31,34)(H3,32,33,35)/t19-,21-,22+,23-,27-/m1/s1. The maximum atomic E-state index is 12.9. The Kier molecular flexibility index (Phi) is 13.2. The van der Waals surface area contributed by atoms with Gasteiger partial charge in [-0.3, -0.25) is 9.98 Å². The highest BCUT2D eigenvalue weighted by Gasteiger charge is 2.46. The number of hydrogen-bond donors (Lipinski definition) is 9. The van der Waals surface area contributed by atoms with Crippen LogP contribution in [0.3, 0.4) is 0 Å². The molecule has 0 spiro atoms. The van der Waals surface area contributed by atoms with E-state index in [-0.39, 0.29) is 77.1 Å². The van der Waals surface area contributed by atoms with E-state index < -0.39 is 49.3 Å². The minimum absolute atomic E-state index is 0.0223. The number of carbonyl (C=O) groups is 2. The fourth-order valence-corrected chi connectivity index (χ4v) is 4.47. The lowest BCUT2D eigenvalue weighted by Crippen LogP contribution is -2.60. The number of phenols is 1. The third kappa shape index (κ3) is 9.41. The van der Waals surface area contributed by atoms with E-state index in [1.54, 1.807) is 0 Å². The molecule has 0 radical (unpaired) electrons. The summed E-state index contributed by atoms with van der Waals surface area (Å²) < 4.78 is 32.9. The molecule has 264 valence electrons. The second kappa shape index (κ2) is 17.1. The van der Waals surface area contributed by atoms with Crippen molar-refractivity contribution in [3.63, 3.8) is 0 Å². The Morgan fingerprint density at radius 3 is 2.19 bits per heavy atom. The number of ether oxygens (including phenoxy) is 6. The van der Waals surface area contributed by atoms with Gasteiger partial charge in [0.2, 0.25) is 12.0 Å². The van der Waals surface area contributed by atoms with Crippen LogP contribution in [0.1, 0.15) is 32.7 Å². The summed E-state index contributed by atoms with van der Waals surface area (Å²) in [6.45, 7) is -0.724. The number of aliphatic hydroxyl groups is 3. The van der Waals surface area contributed by atoms with Gasteiger partial charge < -0.3 is 76.5 Å². The first-order chi connectivity index (χ1) is 22.8. The van der Waals surface area contributed by atoms with Gasteiger partial charge in [0.25, 0.3) is 0 Å². The third-order valence-electron chi connectivity index (χ3n) is 7.00. The number of aliphatic imine (C=N–C) groups is 2. The van der Waals surface area contributed by atoms with Crippen molar-refractivity contribution in [3.8, 4) is 28.7 Å². The van der Waals surface area contributed by atoms with Crippen LogP contribution in [-0.2, 0) is 15.9 Å². The Bertz CT molecular complexity index is 1480. The first-order valence-corrected chi connectivity index (χ1v) is 14.3. The van der Waals surface area contributed by atoms with Gasteiger partial charge in [-0.1, -0.05) is 0 Å². The molecule has 19 nitrogen and oxygen atoms in total. The minimum Gasteiger partial charge on any atom is -0.502 e. The smallest absolute Gasteiger partial charge is 0.338 e. The van der Waals surface area contributed by atoms with E-state index in [0.717, 1.165) is 6.07 Å². The number of aromatic hydroxyl groups is 1. The third-order valence-corrected chi connectivity index (χ3v) is 7.00. The predicted octanol–water partition coefficient (Wildman–Crippen LogP) is -1.77. The minimum atomic E-state index is -1.84. The van der Waals surface area contributed by atoms with E-state index in [2.05, 4.69) is 15.3 Å². The number of phenolic OH excluding ortho intramolecular Hbond substituents is 1. The average molecular weight is 681 g/mol. The number of benzene rings is 2. The van der Waals surface area contributed by atoms with Crippen molar-refractivity contribution in [1.29, 1.82) is 0 Å². The molecule has 0 aliphatic carbocycles. The van der Waals surface area contributed by atoms with Crippen LogP contribution in [0.25, 0.3) is 0 Å². The Balaban J connectivity index is 1.90. The van der Waals surface area contributed by atoms with Crippen molar-refractivity contribution < 1.29 is 63.5 Å². The number of methoxy groups -OCH3 is 2. The van der Waals surface area contributed by atoms with Crippen LogP contribution in [0.5, 0.6) is 28.7 Å². The lowest BCUT2D eigenvalue weighted by Gasteiger charge is -2.40. The summed E-state index contributed by atoms with van der Waals surface area (Å²) >= 11 is 0. The molecule has 3 rings (SSSR count). The number of aliphatic hydroxyl groups excluding tert-OH is 3. The largest absolute Gasteiger partial charge is 0.502 e. The van der Waals surface area contributed by atoms with Crippen molar-refractivity contribution in [2.24, 2.45) is 27.2 Å². The van der Waals surface area contributed by atoms with E-state index in [1.165, 1.54) is 39.5 Å². The van der Waals surface area contributed by atoms with Gasteiger partial charge in [0, 0.05) is 13.6 Å². The maximum Gasteiger partial charge on any atom is 0.338 e. The fourth-order valence-electron chi connectivity index (χ4n) is 4.47. The average Bonchev–Trinajstić information content (AvgIpc) is 3.06. The highest BCUT2D eigenvalue weighted by atomic mass is 16.7. The van der Waals surface area contributed by atoms with Crippen LogP contribution >= 0.6 is 0 Å². The highest BCUT2D eigenvalue weighted by Crippen LogP contribution is 2.38. The van der Waals surface area contributed by atoms with Crippen molar-refractivity contribution in [3.05, 3.63) is 41.0 Å². The molecule has 2 aromatic carbocycles. The van der Waals surface area contributed by atoms with Gasteiger partial charge in [-0.25, -0.2) is 9.59 Å². The Morgan fingerprint density at radius 2 is 1.60 bits per heavy atom. The molecule has 1 heterocycles. The monoisotopic (exact) mass is 680 g/mol. The number of carboxylic acids is 1. The Labute approximate surface area is 274 Å². The quantitative estimate of drug-likeness (QED) is 0.0330. The van der Waals surface area contributed by atoms with Crippen molar-refractivity contribution in [2.75, 3.05) is 41.1 Å². The van der Waals surface area contributed by atoms with Gasteiger partial charge >= 0.3 is 11.9 Å². The summed E-state index contributed by atoms with van der Waals surface area (Å²) in [4.78, 5) is 32.5. The zero-order valence-corrected chi connectivity index (χ0v) is 26.4. The lowest BCUT2D eigenvalue weighted by molar-refractivity contribution is -0.277. The Morgan fingerprint density at radius 1 is 0.958 bits per heavy atom. The molecule has 48 heavy (non-hydrogen) atoms. The SMILES string of the molecule is CN=C(N)NCOc1cc(C(=O)O)cc(CCCN=C(N)N)c1O[C@H]1O[C@H](COC(=O)c2cc(OC)c(O)c(OC)c2)[C@@H](O)[C@H](O)[C@H]1O. The van der Waals surface area contributed by atoms with Gasteiger partial charge in [-0.2, -0.15) is 0 Å². The topological polar surface area (TPSA) is 305 Å². The number of nitrogens with zero attached hydrogens (tertiary/aromatic N) is 2. The number of hydrogen-bond acceptors (Lipinski definition) is 14. The molecule has 2 aromatic rings. The van der Waals surface area contributed by atoms with Crippen molar-refractivity contribution >= 4 is 23.9 Å². The van der Waals surface area contributed by atoms with Crippen molar-refractivity contribution in [2.45, 2.75) is 43.5 Å². The van der Waals surface area contributed by atoms with Crippen LogP contribution in [-0.4, -0.2) is 121 Å². The number of rotatable bonds is 15. The summed E-state index contributed by atoms with van der Waals surface area (Å²) in [5.41, 5.74) is 16.5. The zero-order chi connectivity index (χ0) is 35.5. The molecule has 1 saturated heterocycles. The van der Waals surface area contributed by atoms with E-state index in [0.29, 0.717) is 6.42 Å². The lowest BCUT2D eigenvalue weighted by atomic mass is 9.99. The summed E-state index contributed by atoms with van der Waals surface area (Å²) in [7, 11) is 3.98. The number of guanidine groups is 2. The van der Waals surface area contributed by atoms with Gasteiger partial charge in [0.1, 0.15) is 31.0 Å².